The topological polar surface area (TPSA) is 77.4 Å². The molecule has 0 unspecified atom stereocenters. The molecule has 182 valence electrons. The lowest BCUT2D eigenvalue weighted by Gasteiger charge is -2.34. The summed E-state index contributed by atoms with van der Waals surface area (Å²) >= 11 is 1.10. The molecule has 0 aliphatic rings. The summed E-state index contributed by atoms with van der Waals surface area (Å²) in [5.41, 5.74) is 0.188. The molecule has 0 heterocycles. The summed E-state index contributed by atoms with van der Waals surface area (Å²) in [6.07, 6.45) is 8.20. The molecule has 33 heavy (non-hydrogen) atoms. The summed E-state index contributed by atoms with van der Waals surface area (Å²) in [5, 5.41) is 20.1. The van der Waals surface area contributed by atoms with Crippen molar-refractivity contribution in [2.75, 3.05) is 26.7 Å². The highest BCUT2D eigenvalue weighted by Crippen LogP contribution is 2.32. The lowest BCUT2D eigenvalue weighted by atomic mass is 10.2. The zero-order valence-electron chi connectivity index (χ0n) is 20.5. The third-order valence-corrected chi connectivity index (χ3v) is 6.75. The molecule has 0 saturated heterocycles. The Hall–Kier alpha value is -2.31. The first-order chi connectivity index (χ1) is 15.8. The van der Waals surface area contributed by atoms with Crippen LogP contribution in [0, 0.1) is 0 Å². The average Bonchev–Trinajstić information content (AvgIpc) is 2.81. The minimum atomic E-state index is -1.28. The van der Waals surface area contributed by atoms with Crippen molar-refractivity contribution in [2.45, 2.75) is 69.1 Å². The van der Waals surface area contributed by atoms with Crippen LogP contribution < -0.4 is 5.11 Å². The van der Waals surface area contributed by atoms with E-state index in [9.17, 15) is 14.7 Å². The zero-order chi connectivity index (χ0) is 24.7. The fraction of sp³-hybridized carbons (Fsp3) is 0.481. The number of benzene rings is 2. The number of unbranched alkanes of at least 4 members (excludes halogenated alkanes) is 3. The van der Waals surface area contributed by atoms with E-state index in [-0.39, 0.29) is 11.1 Å². The second-order valence-electron chi connectivity index (χ2n) is 8.54. The minimum Gasteiger partial charge on any atom is -0.545 e. The van der Waals surface area contributed by atoms with Gasteiger partial charge in [-0.15, -0.1) is 0 Å². The number of carbonyl (C=O) groups is 2. The number of carboxylic acids is 2. The molecular weight excluding hydrogens is 434 g/mol. The van der Waals surface area contributed by atoms with Crippen LogP contribution in [0.1, 0.15) is 80.0 Å². The summed E-state index contributed by atoms with van der Waals surface area (Å²) in [4.78, 5) is 23.0. The first-order valence-electron chi connectivity index (χ1n) is 11.9. The van der Waals surface area contributed by atoms with E-state index in [0.717, 1.165) is 11.8 Å². The van der Waals surface area contributed by atoms with Crippen molar-refractivity contribution in [1.82, 2.24) is 0 Å². The number of hydrogen-bond acceptors (Lipinski definition) is 4. The molecule has 0 aromatic heterocycles. The number of carbonyl (C=O) groups excluding carboxylic acids is 1. The van der Waals surface area contributed by atoms with Crippen LogP contribution in [0.2, 0.25) is 0 Å². The standard InChI is InChI=1S/C14H10O4S.C13H30N/c15-13(16)9-5-1-3-7-11(9)19-12-8-4-2-6-10(12)14(17)18;1-5-8-11-14(4,12-9-6-2)13-10-7-3/h1-8H,(H,15,16)(H,17,18);5-13H2,1-4H3/q;+1/p-1. The van der Waals surface area contributed by atoms with Gasteiger partial charge in [0.2, 0.25) is 0 Å². The number of hydrogen-bond donors (Lipinski definition) is 1. The van der Waals surface area contributed by atoms with E-state index in [0.29, 0.717) is 9.79 Å². The normalized spacial score (nSPS) is 10.9. The Kier molecular flexibility index (Phi) is 13.5. The molecule has 0 radical (unpaired) electrons. The highest BCUT2D eigenvalue weighted by Gasteiger charge is 2.19. The maximum Gasteiger partial charge on any atom is 0.336 e. The Morgan fingerprint density at radius 1 is 0.788 bits per heavy atom. The predicted molar refractivity (Wildman–Crippen MR) is 134 cm³/mol. The number of rotatable bonds is 13. The van der Waals surface area contributed by atoms with Gasteiger partial charge in [0.1, 0.15) is 0 Å². The molecule has 5 nitrogen and oxygen atoms in total. The maximum absolute atomic E-state index is 11.1. The fourth-order valence-corrected chi connectivity index (χ4v) is 4.59. The minimum absolute atomic E-state index is 0.0488. The Labute approximate surface area is 203 Å². The van der Waals surface area contributed by atoms with E-state index in [1.165, 1.54) is 74.8 Å². The second kappa shape index (κ2) is 15.5. The molecule has 6 heteroatoms. The molecule has 0 amide bonds. The number of quaternary nitrogens is 1. The van der Waals surface area contributed by atoms with E-state index in [1.807, 2.05) is 0 Å². The van der Waals surface area contributed by atoms with Gasteiger partial charge in [0, 0.05) is 15.4 Å². The molecule has 2 aromatic carbocycles. The summed E-state index contributed by atoms with van der Waals surface area (Å²) in [6, 6.07) is 12.8. The van der Waals surface area contributed by atoms with Crippen LogP contribution in [0.4, 0.5) is 0 Å². The van der Waals surface area contributed by atoms with Gasteiger partial charge >= 0.3 is 5.97 Å². The Morgan fingerprint density at radius 3 is 1.58 bits per heavy atom. The first kappa shape index (κ1) is 28.7. The summed E-state index contributed by atoms with van der Waals surface area (Å²) in [7, 11) is 2.45. The summed E-state index contributed by atoms with van der Waals surface area (Å²) in [6.45, 7) is 11.0. The molecule has 2 aromatic rings. The van der Waals surface area contributed by atoms with Crippen LogP contribution in [0.3, 0.4) is 0 Å². The lowest BCUT2D eigenvalue weighted by Crippen LogP contribution is -2.46. The highest BCUT2D eigenvalue weighted by atomic mass is 32.2. The smallest absolute Gasteiger partial charge is 0.336 e. The van der Waals surface area contributed by atoms with Crippen LogP contribution in [-0.2, 0) is 0 Å². The molecule has 0 saturated carbocycles. The molecule has 0 spiro atoms. The van der Waals surface area contributed by atoms with Gasteiger partial charge in [0.05, 0.1) is 38.2 Å². The van der Waals surface area contributed by atoms with E-state index in [2.05, 4.69) is 27.8 Å². The Morgan fingerprint density at radius 2 is 1.18 bits per heavy atom. The Balaban J connectivity index is 0.000000349. The van der Waals surface area contributed by atoms with Gasteiger partial charge in [-0.25, -0.2) is 4.79 Å². The van der Waals surface area contributed by atoms with Crippen LogP contribution in [-0.4, -0.2) is 48.2 Å². The van der Waals surface area contributed by atoms with E-state index in [1.54, 1.807) is 36.4 Å². The monoisotopic (exact) mass is 473 g/mol. The van der Waals surface area contributed by atoms with Crippen LogP contribution in [0.25, 0.3) is 0 Å². The van der Waals surface area contributed by atoms with Gasteiger partial charge in [-0.05, 0) is 37.5 Å². The van der Waals surface area contributed by atoms with Crippen molar-refractivity contribution in [3.05, 3.63) is 59.7 Å². The van der Waals surface area contributed by atoms with Gasteiger partial charge in [-0.1, -0.05) is 82.1 Å². The molecular formula is C27H39NO4S. The van der Waals surface area contributed by atoms with Crippen molar-refractivity contribution >= 4 is 23.7 Å². The van der Waals surface area contributed by atoms with Crippen LogP contribution >= 0.6 is 11.8 Å². The number of aromatic carboxylic acids is 2. The number of carboxylic acid groups (broad SMARTS) is 2. The van der Waals surface area contributed by atoms with Crippen molar-refractivity contribution in [2.24, 2.45) is 0 Å². The second-order valence-corrected chi connectivity index (χ2v) is 9.62. The molecule has 0 atom stereocenters. The molecule has 0 fully saturated rings. The molecule has 1 N–H and O–H groups in total. The van der Waals surface area contributed by atoms with Crippen LogP contribution in [0.5, 0.6) is 0 Å². The molecule has 0 aliphatic carbocycles. The van der Waals surface area contributed by atoms with Crippen molar-refractivity contribution in [3.8, 4) is 0 Å². The molecule has 0 aliphatic heterocycles. The van der Waals surface area contributed by atoms with E-state index in [4.69, 9.17) is 5.11 Å². The van der Waals surface area contributed by atoms with Gasteiger partial charge in [-0.3, -0.25) is 0 Å². The first-order valence-corrected chi connectivity index (χ1v) is 12.7. The predicted octanol–water partition coefficient (Wildman–Crippen LogP) is 5.73. The Bertz CT molecular complexity index is 791. The van der Waals surface area contributed by atoms with Crippen molar-refractivity contribution in [1.29, 1.82) is 0 Å². The zero-order valence-corrected chi connectivity index (χ0v) is 21.3. The maximum atomic E-state index is 11.1. The van der Waals surface area contributed by atoms with Crippen LogP contribution in [0.15, 0.2) is 58.3 Å². The van der Waals surface area contributed by atoms with Gasteiger partial charge < -0.3 is 19.5 Å². The van der Waals surface area contributed by atoms with Crippen molar-refractivity contribution in [3.63, 3.8) is 0 Å². The highest BCUT2D eigenvalue weighted by molar-refractivity contribution is 7.99. The van der Waals surface area contributed by atoms with Gasteiger partial charge in [0.15, 0.2) is 0 Å². The third-order valence-electron chi connectivity index (χ3n) is 5.60. The third kappa shape index (κ3) is 10.4. The van der Waals surface area contributed by atoms with Gasteiger partial charge in [-0.2, -0.15) is 0 Å². The largest absolute Gasteiger partial charge is 0.545 e. The van der Waals surface area contributed by atoms with Crippen molar-refractivity contribution < 1.29 is 24.3 Å². The SMILES string of the molecule is CCCC[N+](C)(CCCC)CCCC.O=C([O-])c1ccccc1Sc1ccccc1C(=O)O. The molecule has 2 rings (SSSR count). The van der Waals surface area contributed by atoms with Gasteiger partial charge in [0.25, 0.3) is 0 Å². The van der Waals surface area contributed by atoms with E-state index >= 15 is 0 Å². The quantitative estimate of drug-likeness (QED) is 0.376. The summed E-state index contributed by atoms with van der Waals surface area (Å²) < 4.78 is 1.32. The average molecular weight is 474 g/mol. The fourth-order valence-electron chi connectivity index (χ4n) is 3.53. The molecule has 0 bridgehead atoms. The lowest BCUT2D eigenvalue weighted by molar-refractivity contribution is -0.910. The summed E-state index contributed by atoms with van der Waals surface area (Å²) in [5.74, 6) is -2.33. The van der Waals surface area contributed by atoms with E-state index < -0.39 is 11.9 Å². The number of nitrogens with zero attached hydrogens (tertiary/aromatic N) is 1.